The molecule has 0 amide bonds. The van der Waals surface area contributed by atoms with Crippen LogP contribution in [0.1, 0.15) is 57.5 Å². The van der Waals surface area contributed by atoms with E-state index in [4.69, 9.17) is 9.47 Å². The molecule has 0 radical (unpaired) electrons. The molecule has 0 aliphatic rings. The van der Waals surface area contributed by atoms with Crippen LogP contribution < -0.4 is 0 Å². The number of carbonyl (C=O) groups is 4. The molecule has 6 heteroatoms. The van der Waals surface area contributed by atoms with Crippen LogP contribution in [0.5, 0.6) is 0 Å². The minimum absolute atomic E-state index is 0.0256. The second-order valence-corrected chi connectivity index (χ2v) is 9.98. The number of hydrogen-bond donors (Lipinski definition) is 0. The third-order valence-electron chi connectivity index (χ3n) is 7.09. The average molecular weight is 559 g/mol. The summed E-state index contributed by atoms with van der Waals surface area (Å²) in [6, 6.07) is 33.2. The topological polar surface area (TPSA) is 86.7 Å². The van der Waals surface area contributed by atoms with E-state index in [1.165, 1.54) is 0 Å². The molecule has 0 spiro atoms. The van der Waals surface area contributed by atoms with E-state index in [0.29, 0.717) is 32.7 Å². The lowest BCUT2D eigenvalue weighted by Gasteiger charge is -2.16. The normalized spacial score (nSPS) is 10.9. The summed E-state index contributed by atoms with van der Waals surface area (Å²) in [5.74, 6) is -1.32. The summed E-state index contributed by atoms with van der Waals surface area (Å²) < 4.78 is 10.7. The van der Waals surface area contributed by atoms with Crippen molar-refractivity contribution in [3.8, 4) is 0 Å². The summed E-state index contributed by atoms with van der Waals surface area (Å²) in [5, 5.41) is 2.53. The predicted molar refractivity (Wildman–Crippen MR) is 161 cm³/mol. The number of hydrogen-bond acceptors (Lipinski definition) is 6. The quantitative estimate of drug-likeness (QED) is 0.0901. The van der Waals surface area contributed by atoms with Gasteiger partial charge in [-0.3, -0.25) is 19.2 Å². The van der Waals surface area contributed by atoms with Crippen LogP contribution in [0.4, 0.5) is 0 Å². The Bertz CT molecular complexity index is 1550. The van der Waals surface area contributed by atoms with Gasteiger partial charge in [0.15, 0.2) is 11.6 Å². The minimum atomic E-state index is -0.452. The van der Waals surface area contributed by atoms with Crippen LogP contribution in [0.2, 0.25) is 0 Å². The van der Waals surface area contributed by atoms with E-state index in [1.54, 1.807) is 0 Å². The number of esters is 2. The molecule has 42 heavy (non-hydrogen) atoms. The fourth-order valence-electron chi connectivity index (χ4n) is 5.03. The zero-order valence-electron chi connectivity index (χ0n) is 23.1. The number of ether oxygens (including phenoxy) is 2. The molecule has 210 valence electrons. The fourth-order valence-corrected chi connectivity index (χ4v) is 5.03. The van der Waals surface area contributed by atoms with Crippen molar-refractivity contribution in [1.29, 1.82) is 0 Å². The second-order valence-electron chi connectivity index (χ2n) is 9.98. The van der Waals surface area contributed by atoms with Gasteiger partial charge in [-0.15, -0.1) is 0 Å². The van der Waals surface area contributed by atoms with Gasteiger partial charge >= 0.3 is 11.9 Å². The summed E-state index contributed by atoms with van der Waals surface area (Å²) in [7, 11) is 0. The summed E-state index contributed by atoms with van der Waals surface area (Å²) in [6.45, 7) is 0.298. The number of carbonyl (C=O) groups excluding carboxylic acids is 4. The largest absolute Gasteiger partial charge is 0.461 e. The molecule has 5 rings (SSSR count). The Kier molecular flexibility index (Phi) is 9.14. The SMILES string of the molecule is O=C(CCC(=O)c1c2ccccc2c(C(=O)CCC(=O)OCc2ccccc2)c2ccccc12)OCc1ccccc1. The Morgan fingerprint density at radius 1 is 0.405 bits per heavy atom. The van der Waals surface area contributed by atoms with Gasteiger partial charge in [0, 0.05) is 24.0 Å². The molecule has 0 N–H and O–H groups in total. The number of rotatable bonds is 12. The van der Waals surface area contributed by atoms with Crippen molar-refractivity contribution < 1.29 is 28.7 Å². The molecule has 0 aliphatic heterocycles. The van der Waals surface area contributed by atoms with Crippen LogP contribution in [-0.2, 0) is 32.3 Å². The maximum Gasteiger partial charge on any atom is 0.306 e. The third kappa shape index (κ3) is 6.78. The summed E-state index contributed by atoms with van der Waals surface area (Å²) >= 11 is 0. The summed E-state index contributed by atoms with van der Waals surface area (Å²) in [5.41, 5.74) is 2.68. The first-order valence-corrected chi connectivity index (χ1v) is 13.9. The van der Waals surface area contributed by atoms with Crippen LogP contribution in [0.3, 0.4) is 0 Å². The molecule has 0 fully saturated rings. The van der Waals surface area contributed by atoms with E-state index in [0.717, 1.165) is 11.1 Å². The Balaban J connectivity index is 1.34. The molecular formula is C36H30O6. The van der Waals surface area contributed by atoms with Gasteiger partial charge in [-0.05, 0) is 32.7 Å². The van der Waals surface area contributed by atoms with E-state index in [9.17, 15) is 19.2 Å². The number of Topliss-reactive ketones (excluding diaryl/α,β-unsaturated/α-hetero) is 2. The average Bonchev–Trinajstić information content (AvgIpc) is 3.03. The van der Waals surface area contributed by atoms with Crippen molar-refractivity contribution in [2.75, 3.05) is 0 Å². The van der Waals surface area contributed by atoms with Crippen molar-refractivity contribution in [1.82, 2.24) is 0 Å². The highest BCUT2D eigenvalue weighted by Gasteiger charge is 2.23. The van der Waals surface area contributed by atoms with E-state index < -0.39 is 11.9 Å². The number of ketones is 2. The van der Waals surface area contributed by atoms with Crippen LogP contribution >= 0.6 is 0 Å². The van der Waals surface area contributed by atoms with Crippen LogP contribution in [0.15, 0.2) is 109 Å². The standard InChI is InChI=1S/C36H30O6/c37-31(19-21-33(39)41-23-25-11-3-1-4-12-25)35-27-15-7-9-17-29(27)36(30-18-10-8-16-28(30)35)32(38)20-22-34(40)42-24-26-13-5-2-6-14-26/h1-18H,19-24H2. The molecule has 5 aromatic carbocycles. The molecule has 0 saturated carbocycles. The lowest BCUT2D eigenvalue weighted by molar-refractivity contribution is -0.145. The van der Waals surface area contributed by atoms with E-state index in [-0.39, 0.29) is 50.5 Å². The molecule has 5 aromatic rings. The van der Waals surface area contributed by atoms with Crippen molar-refractivity contribution >= 4 is 45.0 Å². The molecule has 0 aliphatic carbocycles. The van der Waals surface area contributed by atoms with Gasteiger partial charge in [0.05, 0.1) is 12.8 Å². The Morgan fingerprint density at radius 3 is 1.05 bits per heavy atom. The summed E-state index contributed by atoms with van der Waals surface area (Å²) in [6.07, 6.45) is -0.162. The first-order chi connectivity index (χ1) is 20.5. The highest BCUT2D eigenvalue weighted by Crippen LogP contribution is 2.35. The van der Waals surface area contributed by atoms with Crippen LogP contribution in [0, 0.1) is 0 Å². The maximum absolute atomic E-state index is 13.6. The van der Waals surface area contributed by atoms with Crippen LogP contribution in [0.25, 0.3) is 21.5 Å². The highest BCUT2D eigenvalue weighted by molar-refractivity contribution is 6.27. The van der Waals surface area contributed by atoms with Crippen molar-refractivity contribution in [2.24, 2.45) is 0 Å². The van der Waals surface area contributed by atoms with E-state index in [1.807, 2.05) is 109 Å². The third-order valence-corrected chi connectivity index (χ3v) is 7.09. The van der Waals surface area contributed by atoms with Gasteiger partial charge in [-0.1, -0.05) is 109 Å². The number of fused-ring (bicyclic) bond motifs is 2. The minimum Gasteiger partial charge on any atom is -0.461 e. The first-order valence-electron chi connectivity index (χ1n) is 13.9. The van der Waals surface area contributed by atoms with Gasteiger partial charge in [-0.25, -0.2) is 0 Å². The van der Waals surface area contributed by atoms with E-state index in [2.05, 4.69) is 0 Å². The summed E-state index contributed by atoms with van der Waals surface area (Å²) in [4.78, 5) is 52.0. The molecule has 0 aromatic heterocycles. The smallest absolute Gasteiger partial charge is 0.306 e. The second kappa shape index (κ2) is 13.5. The lowest BCUT2D eigenvalue weighted by atomic mass is 9.86. The lowest BCUT2D eigenvalue weighted by Crippen LogP contribution is -2.11. The maximum atomic E-state index is 13.6. The zero-order valence-corrected chi connectivity index (χ0v) is 23.1. The molecule has 0 saturated heterocycles. The van der Waals surface area contributed by atoms with Crippen molar-refractivity contribution in [2.45, 2.75) is 38.9 Å². The highest BCUT2D eigenvalue weighted by atomic mass is 16.5. The molecule has 0 atom stereocenters. The van der Waals surface area contributed by atoms with Gasteiger partial charge in [0.1, 0.15) is 13.2 Å². The van der Waals surface area contributed by atoms with Crippen LogP contribution in [-0.4, -0.2) is 23.5 Å². The first kappa shape index (κ1) is 28.4. The van der Waals surface area contributed by atoms with E-state index >= 15 is 0 Å². The van der Waals surface area contributed by atoms with Gasteiger partial charge < -0.3 is 9.47 Å². The zero-order chi connectivity index (χ0) is 29.3. The Hall–Kier alpha value is -5.10. The molecular weight excluding hydrogens is 528 g/mol. The Labute approximate surface area is 243 Å². The van der Waals surface area contributed by atoms with Crippen molar-refractivity contribution in [3.05, 3.63) is 131 Å². The monoisotopic (exact) mass is 558 g/mol. The molecule has 6 nitrogen and oxygen atoms in total. The van der Waals surface area contributed by atoms with Crippen molar-refractivity contribution in [3.63, 3.8) is 0 Å². The molecule has 0 bridgehead atoms. The molecule has 0 heterocycles. The van der Waals surface area contributed by atoms with Gasteiger partial charge in [0.2, 0.25) is 0 Å². The molecule has 0 unspecified atom stereocenters. The predicted octanol–water partition coefficient (Wildman–Crippen LogP) is 7.41. The van der Waals surface area contributed by atoms with Gasteiger partial charge in [0.25, 0.3) is 0 Å². The fraction of sp³-hybridized carbons (Fsp3) is 0.167. The Morgan fingerprint density at radius 2 is 0.714 bits per heavy atom. The van der Waals surface area contributed by atoms with Gasteiger partial charge in [-0.2, -0.15) is 0 Å². The number of benzene rings is 5.